The average Bonchev–Trinajstić information content (AvgIpc) is 3.42. The van der Waals surface area contributed by atoms with Crippen molar-refractivity contribution < 1.29 is 14.3 Å². The van der Waals surface area contributed by atoms with Gasteiger partial charge in [-0.05, 0) is 35.9 Å². The van der Waals surface area contributed by atoms with Crippen LogP contribution < -0.4 is 14.8 Å². The fraction of sp³-hybridized carbons (Fsp3) is 0.100. The molecule has 0 saturated carbocycles. The quantitative estimate of drug-likeness (QED) is 0.297. The molecule has 0 aliphatic heterocycles. The zero-order chi connectivity index (χ0) is 25.5. The van der Waals surface area contributed by atoms with E-state index in [9.17, 15) is 4.79 Å². The van der Waals surface area contributed by atoms with Crippen LogP contribution in [0.25, 0.3) is 16.9 Å². The maximum Gasteiger partial charge on any atom is 0.255 e. The minimum Gasteiger partial charge on any atom is -0.496 e. The third-order valence-corrected chi connectivity index (χ3v) is 5.85. The monoisotopic (exact) mass is 490 g/mol. The number of methoxy groups -OCH3 is 1. The summed E-state index contributed by atoms with van der Waals surface area (Å²) in [5.41, 5.74) is 4.37. The molecule has 2 aromatic heterocycles. The van der Waals surface area contributed by atoms with E-state index in [1.165, 1.54) is 0 Å². The Balaban J connectivity index is 1.40. The third-order valence-electron chi connectivity index (χ3n) is 5.85. The summed E-state index contributed by atoms with van der Waals surface area (Å²) in [5, 5.41) is 7.77. The first-order chi connectivity index (χ1) is 18.2. The summed E-state index contributed by atoms with van der Waals surface area (Å²) in [7, 11) is 1.60. The van der Waals surface area contributed by atoms with E-state index in [1.54, 1.807) is 24.2 Å². The Bertz CT molecular complexity index is 1480. The van der Waals surface area contributed by atoms with Gasteiger partial charge in [-0.25, -0.2) is 9.67 Å². The van der Waals surface area contributed by atoms with Gasteiger partial charge in [0.25, 0.3) is 5.91 Å². The molecule has 0 unspecified atom stereocenters. The number of nitrogens with one attached hydrogen (secondary N) is 1. The number of carbonyl (C=O) groups is 1. The van der Waals surface area contributed by atoms with Gasteiger partial charge in [-0.15, -0.1) is 0 Å². The SMILES string of the molecule is COc1ccccc1-c1nn(-c2ccccc2)cc1C(=O)NCc1cccnc1OCc1ccccc1. The molecule has 1 N–H and O–H groups in total. The second-order valence-corrected chi connectivity index (χ2v) is 8.30. The molecule has 0 spiro atoms. The lowest BCUT2D eigenvalue weighted by Crippen LogP contribution is -2.23. The number of hydrogen-bond acceptors (Lipinski definition) is 5. The second-order valence-electron chi connectivity index (χ2n) is 8.30. The van der Waals surface area contributed by atoms with Gasteiger partial charge in [-0.1, -0.05) is 66.7 Å². The molecule has 7 heteroatoms. The van der Waals surface area contributed by atoms with Crippen LogP contribution in [0.1, 0.15) is 21.5 Å². The van der Waals surface area contributed by atoms with Crippen LogP contribution in [-0.2, 0) is 13.2 Å². The summed E-state index contributed by atoms with van der Waals surface area (Å²) < 4.78 is 13.2. The molecule has 0 radical (unpaired) electrons. The molecule has 0 atom stereocenters. The summed E-state index contributed by atoms with van der Waals surface area (Å²) >= 11 is 0. The number of aromatic nitrogens is 3. The van der Waals surface area contributed by atoms with Gasteiger partial charge in [0.2, 0.25) is 5.88 Å². The number of benzene rings is 3. The largest absolute Gasteiger partial charge is 0.496 e. The molecule has 0 fully saturated rings. The molecular formula is C30H26N4O3. The minimum absolute atomic E-state index is 0.249. The molecule has 1 amide bonds. The Hall–Kier alpha value is -4.91. The first-order valence-corrected chi connectivity index (χ1v) is 11.9. The van der Waals surface area contributed by atoms with Crippen molar-refractivity contribution in [3.8, 4) is 28.6 Å². The molecule has 37 heavy (non-hydrogen) atoms. The van der Waals surface area contributed by atoms with Crippen molar-refractivity contribution in [1.82, 2.24) is 20.1 Å². The van der Waals surface area contributed by atoms with E-state index in [0.717, 1.165) is 22.4 Å². The number of carbonyl (C=O) groups excluding carboxylic acids is 1. The van der Waals surface area contributed by atoms with Gasteiger partial charge in [-0.2, -0.15) is 5.10 Å². The lowest BCUT2D eigenvalue weighted by molar-refractivity contribution is 0.0951. The van der Waals surface area contributed by atoms with E-state index in [1.807, 2.05) is 97.1 Å². The van der Waals surface area contributed by atoms with Crippen LogP contribution in [0.2, 0.25) is 0 Å². The average molecular weight is 491 g/mol. The Morgan fingerprint density at radius 3 is 2.41 bits per heavy atom. The van der Waals surface area contributed by atoms with Crippen molar-refractivity contribution in [2.75, 3.05) is 7.11 Å². The topological polar surface area (TPSA) is 78.3 Å². The maximum atomic E-state index is 13.5. The highest BCUT2D eigenvalue weighted by molar-refractivity contribution is 6.00. The molecule has 5 aromatic rings. The van der Waals surface area contributed by atoms with Crippen LogP contribution in [0.4, 0.5) is 0 Å². The number of nitrogens with zero attached hydrogens (tertiary/aromatic N) is 3. The molecule has 3 aromatic carbocycles. The van der Waals surface area contributed by atoms with Crippen LogP contribution >= 0.6 is 0 Å². The fourth-order valence-electron chi connectivity index (χ4n) is 3.98. The number of rotatable bonds is 9. The van der Waals surface area contributed by atoms with Crippen LogP contribution in [0.15, 0.2) is 109 Å². The number of amides is 1. The predicted octanol–water partition coefficient (Wildman–Crippen LogP) is 5.45. The van der Waals surface area contributed by atoms with Gasteiger partial charge in [0.15, 0.2) is 0 Å². The minimum atomic E-state index is -0.263. The van der Waals surface area contributed by atoms with Crippen LogP contribution in [0.3, 0.4) is 0 Å². The smallest absolute Gasteiger partial charge is 0.255 e. The zero-order valence-electron chi connectivity index (χ0n) is 20.4. The van der Waals surface area contributed by atoms with E-state index in [0.29, 0.717) is 29.5 Å². The summed E-state index contributed by atoms with van der Waals surface area (Å²) in [6, 6.07) is 30.8. The number of ether oxygens (including phenoxy) is 2. The van der Waals surface area contributed by atoms with Crippen molar-refractivity contribution in [2.24, 2.45) is 0 Å². The Morgan fingerprint density at radius 2 is 1.62 bits per heavy atom. The van der Waals surface area contributed by atoms with Gasteiger partial charge in [0.05, 0.1) is 18.4 Å². The van der Waals surface area contributed by atoms with Gasteiger partial charge in [0, 0.05) is 30.1 Å². The summed E-state index contributed by atoms with van der Waals surface area (Å²) in [5.74, 6) is 0.858. The summed E-state index contributed by atoms with van der Waals surface area (Å²) in [4.78, 5) is 17.9. The Kier molecular flexibility index (Phi) is 7.22. The first-order valence-electron chi connectivity index (χ1n) is 11.9. The Labute approximate surface area is 215 Å². The molecule has 5 rings (SSSR count). The molecule has 2 heterocycles. The maximum absolute atomic E-state index is 13.5. The fourth-order valence-corrected chi connectivity index (χ4v) is 3.98. The molecule has 0 aliphatic rings. The van der Waals surface area contributed by atoms with Gasteiger partial charge >= 0.3 is 0 Å². The van der Waals surface area contributed by atoms with Crippen molar-refractivity contribution in [1.29, 1.82) is 0 Å². The first kappa shape index (κ1) is 23.8. The molecule has 7 nitrogen and oxygen atoms in total. The van der Waals surface area contributed by atoms with E-state index in [2.05, 4.69) is 10.3 Å². The van der Waals surface area contributed by atoms with Crippen LogP contribution in [0.5, 0.6) is 11.6 Å². The highest BCUT2D eigenvalue weighted by atomic mass is 16.5. The highest BCUT2D eigenvalue weighted by Crippen LogP contribution is 2.32. The van der Waals surface area contributed by atoms with Crippen molar-refractivity contribution >= 4 is 5.91 Å². The van der Waals surface area contributed by atoms with Crippen molar-refractivity contribution in [2.45, 2.75) is 13.2 Å². The van der Waals surface area contributed by atoms with Gasteiger partial charge in [-0.3, -0.25) is 4.79 Å². The number of hydrogen-bond donors (Lipinski definition) is 1. The van der Waals surface area contributed by atoms with E-state index in [-0.39, 0.29) is 12.5 Å². The lowest BCUT2D eigenvalue weighted by atomic mass is 10.1. The standard InChI is InChI=1S/C30H26N4O3/c1-36-27-17-9-8-16-25(27)28-26(20-34(33-28)24-14-6-3-7-15-24)29(35)32-19-23-13-10-18-31-30(23)37-21-22-11-4-2-5-12-22/h2-18,20H,19,21H2,1H3,(H,32,35). The van der Waals surface area contributed by atoms with Crippen molar-refractivity contribution in [3.05, 3.63) is 126 Å². The van der Waals surface area contributed by atoms with Crippen LogP contribution in [0, 0.1) is 0 Å². The van der Waals surface area contributed by atoms with E-state index >= 15 is 0 Å². The lowest BCUT2D eigenvalue weighted by Gasteiger charge is -2.12. The highest BCUT2D eigenvalue weighted by Gasteiger charge is 2.21. The Morgan fingerprint density at radius 1 is 0.892 bits per heavy atom. The van der Waals surface area contributed by atoms with Gasteiger partial charge in [0.1, 0.15) is 18.1 Å². The normalized spacial score (nSPS) is 10.6. The number of pyridine rings is 1. The molecule has 0 bridgehead atoms. The summed E-state index contributed by atoms with van der Waals surface area (Å²) in [6.45, 7) is 0.638. The number of para-hydroxylation sites is 2. The molecule has 184 valence electrons. The second kappa shape index (κ2) is 11.2. The van der Waals surface area contributed by atoms with E-state index < -0.39 is 0 Å². The summed E-state index contributed by atoms with van der Waals surface area (Å²) in [6.07, 6.45) is 3.41. The third kappa shape index (κ3) is 5.51. The molecule has 0 aliphatic carbocycles. The van der Waals surface area contributed by atoms with Crippen LogP contribution in [-0.4, -0.2) is 27.8 Å². The molecule has 0 saturated heterocycles. The van der Waals surface area contributed by atoms with Gasteiger partial charge < -0.3 is 14.8 Å². The van der Waals surface area contributed by atoms with E-state index in [4.69, 9.17) is 14.6 Å². The zero-order valence-corrected chi connectivity index (χ0v) is 20.4. The molecular weight excluding hydrogens is 464 g/mol. The van der Waals surface area contributed by atoms with Crippen molar-refractivity contribution in [3.63, 3.8) is 0 Å². The predicted molar refractivity (Wildman–Crippen MR) is 142 cm³/mol.